The maximum absolute atomic E-state index is 11.4. The summed E-state index contributed by atoms with van der Waals surface area (Å²) >= 11 is 0. The minimum Gasteiger partial charge on any atom is -0.323 e. The van der Waals surface area contributed by atoms with Gasteiger partial charge in [0.2, 0.25) is 0 Å². The topological polar surface area (TPSA) is 26.0 Å². The minimum absolute atomic E-state index is 0.340. The van der Waals surface area contributed by atoms with Gasteiger partial charge in [-0.1, -0.05) is 0 Å². The molecule has 0 atom stereocenters. The van der Waals surface area contributed by atoms with Gasteiger partial charge in [0, 0.05) is 5.54 Å². The molecule has 1 aliphatic rings. The van der Waals surface area contributed by atoms with E-state index in [-0.39, 0.29) is 12.2 Å². The van der Waals surface area contributed by atoms with Gasteiger partial charge in [-0.15, -0.1) is 0 Å². The van der Waals surface area contributed by atoms with E-state index in [1.807, 2.05) is 0 Å². The highest BCUT2D eigenvalue weighted by Crippen LogP contribution is 2.31. The quantitative estimate of drug-likeness (QED) is 0.496. The molecule has 0 unspecified atom stereocenters. The molecule has 2 heteroatoms. The Morgan fingerprint density at radius 1 is 1.67 bits per heavy atom. The SMILES string of the molecule is NC1(CF)CC1. The first kappa shape index (κ1) is 4.06. The fourth-order valence-electron chi connectivity index (χ4n) is 0.294. The van der Waals surface area contributed by atoms with E-state index in [2.05, 4.69) is 0 Å². The fourth-order valence-corrected chi connectivity index (χ4v) is 0.294. The van der Waals surface area contributed by atoms with E-state index in [9.17, 15) is 4.39 Å². The molecule has 0 saturated heterocycles. The molecular weight excluding hydrogens is 81.0 g/mol. The summed E-state index contributed by atoms with van der Waals surface area (Å²) in [5.41, 5.74) is 4.90. The average molecular weight is 89.1 g/mol. The Balaban J connectivity index is 2.28. The van der Waals surface area contributed by atoms with Gasteiger partial charge in [-0.25, -0.2) is 4.39 Å². The third-order valence-electron chi connectivity index (χ3n) is 1.16. The number of hydrogen-bond donors (Lipinski definition) is 1. The van der Waals surface area contributed by atoms with Gasteiger partial charge in [-0.05, 0) is 12.8 Å². The van der Waals surface area contributed by atoms with Crippen molar-refractivity contribution in [3.8, 4) is 0 Å². The first-order valence-corrected chi connectivity index (χ1v) is 2.12. The average Bonchev–Trinajstić information content (AvgIpc) is 2.22. The van der Waals surface area contributed by atoms with Gasteiger partial charge in [0.1, 0.15) is 6.67 Å². The van der Waals surface area contributed by atoms with Gasteiger partial charge in [-0.3, -0.25) is 0 Å². The summed E-state index contributed by atoms with van der Waals surface area (Å²) in [5, 5.41) is 0. The van der Waals surface area contributed by atoms with Gasteiger partial charge in [0.15, 0.2) is 0 Å². The molecule has 0 aromatic rings. The molecule has 0 heterocycles. The third kappa shape index (κ3) is 0.522. The van der Waals surface area contributed by atoms with E-state index >= 15 is 0 Å². The molecule has 1 nitrogen and oxygen atoms in total. The molecular formula is C4H8FN. The van der Waals surface area contributed by atoms with E-state index in [1.54, 1.807) is 0 Å². The maximum atomic E-state index is 11.4. The van der Waals surface area contributed by atoms with Crippen LogP contribution < -0.4 is 5.73 Å². The van der Waals surface area contributed by atoms with Crippen molar-refractivity contribution >= 4 is 0 Å². The van der Waals surface area contributed by atoms with Crippen LogP contribution in [0, 0.1) is 0 Å². The first-order valence-electron chi connectivity index (χ1n) is 2.12. The van der Waals surface area contributed by atoms with Crippen molar-refractivity contribution in [3.05, 3.63) is 0 Å². The smallest absolute Gasteiger partial charge is 0.107 e. The number of hydrogen-bond acceptors (Lipinski definition) is 1. The summed E-state index contributed by atoms with van der Waals surface area (Å²) in [6, 6.07) is 0. The van der Waals surface area contributed by atoms with Crippen molar-refractivity contribution < 1.29 is 4.39 Å². The molecule has 0 radical (unpaired) electrons. The summed E-state index contributed by atoms with van der Waals surface area (Å²) in [4.78, 5) is 0. The second-order valence-corrected chi connectivity index (χ2v) is 2.00. The fraction of sp³-hybridized carbons (Fsp3) is 1.00. The summed E-state index contributed by atoms with van der Waals surface area (Å²) < 4.78 is 11.4. The Labute approximate surface area is 36.3 Å². The molecule has 0 aromatic carbocycles. The van der Waals surface area contributed by atoms with Crippen LogP contribution in [0.5, 0.6) is 0 Å². The lowest BCUT2D eigenvalue weighted by molar-refractivity contribution is 0.417. The van der Waals surface area contributed by atoms with Crippen molar-refractivity contribution in [2.45, 2.75) is 18.4 Å². The van der Waals surface area contributed by atoms with Crippen molar-refractivity contribution in [1.82, 2.24) is 0 Å². The van der Waals surface area contributed by atoms with Crippen LogP contribution in [0.3, 0.4) is 0 Å². The Hall–Kier alpha value is -0.110. The zero-order valence-electron chi connectivity index (χ0n) is 3.58. The molecule has 1 saturated carbocycles. The zero-order chi connectivity index (χ0) is 4.62. The third-order valence-corrected chi connectivity index (χ3v) is 1.16. The van der Waals surface area contributed by atoms with Crippen LogP contribution in [0.2, 0.25) is 0 Å². The molecule has 1 fully saturated rings. The predicted octanol–water partition coefficient (Wildman–Crippen LogP) is 0.447. The number of rotatable bonds is 1. The predicted molar refractivity (Wildman–Crippen MR) is 22.1 cm³/mol. The van der Waals surface area contributed by atoms with E-state index < -0.39 is 0 Å². The van der Waals surface area contributed by atoms with Crippen LogP contribution >= 0.6 is 0 Å². The highest BCUT2D eigenvalue weighted by molar-refractivity contribution is 4.97. The van der Waals surface area contributed by atoms with Gasteiger partial charge < -0.3 is 5.73 Å². The van der Waals surface area contributed by atoms with E-state index in [0.717, 1.165) is 12.8 Å². The number of alkyl halides is 1. The van der Waals surface area contributed by atoms with E-state index in [0.29, 0.717) is 0 Å². The van der Waals surface area contributed by atoms with Crippen LogP contribution in [0.4, 0.5) is 4.39 Å². The van der Waals surface area contributed by atoms with E-state index in [4.69, 9.17) is 5.73 Å². The second kappa shape index (κ2) is 0.936. The molecule has 0 aromatic heterocycles. The summed E-state index contributed by atoms with van der Waals surface area (Å²) in [6.07, 6.45) is 1.76. The zero-order valence-corrected chi connectivity index (χ0v) is 3.58. The largest absolute Gasteiger partial charge is 0.323 e. The van der Waals surface area contributed by atoms with E-state index in [1.165, 1.54) is 0 Å². The maximum Gasteiger partial charge on any atom is 0.107 e. The summed E-state index contributed by atoms with van der Waals surface area (Å²) in [6.45, 7) is -0.340. The highest BCUT2D eigenvalue weighted by Gasteiger charge is 2.37. The van der Waals surface area contributed by atoms with Crippen LogP contribution in [-0.4, -0.2) is 12.2 Å². The Bertz CT molecular complexity index is 58.6. The Kier molecular flexibility index (Phi) is 0.634. The molecule has 0 aliphatic heterocycles. The molecule has 0 amide bonds. The molecule has 0 spiro atoms. The lowest BCUT2D eigenvalue weighted by Crippen LogP contribution is -2.23. The van der Waals surface area contributed by atoms with Gasteiger partial charge in [0.05, 0.1) is 0 Å². The summed E-state index contributed by atoms with van der Waals surface area (Å²) in [5.74, 6) is 0. The van der Waals surface area contributed by atoms with Crippen LogP contribution in [-0.2, 0) is 0 Å². The monoisotopic (exact) mass is 89.1 g/mol. The van der Waals surface area contributed by atoms with Crippen LogP contribution in [0.25, 0.3) is 0 Å². The molecule has 0 bridgehead atoms. The summed E-state index contributed by atoms with van der Waals surface area (Å²) in [7, 11) is 0. The molecule has 6 heavy (non-hydrogen) atoms. The number of halogens is 1. The van der Waals surface area contributed by atoms with Gasteiger partial charge >= 0.3 is 0 Å². The number of nitrogens with two attached hydrogens (primary N) is 1. The molecule has 1 rings (SSSR count). The second-order valence-electron chi connectivity index (χ2n) is 2.00. The molecule has 2 N–H and O–H groups in total. The van der Waals surface area contributed by atoms with Crippen LogP contribution in [0.15, 0.2) is 0 Å². The Morgan fingerprint density at radius 3 is 2.17 bits per heavy atom. The standard InChI is InChI=1S/C4H8FN/c5-3-4(6)1-2-4/h1-3,6H2. The van der Waals surface area contributed by atoms with Crippen molar-refractivity contribution in [2.24, 2.45) is 5.73 Å². The van der Waals surface area contributed by atoms with Crippen LogP contribution in [0.1, 0.15) is 12.8 Å². The van der Waals surface area contributed by atoms with Gasteiger partial charge in [0.25, 0.3) is 0 Å². The molecule has 1 aliphatic carbocycles. The lowest BCUT2D eigenvalue weighted by Gasteiger charge is -1.94. The highest BCUT2D eigenvalue weighted by atomic mass is 19.1. The minimum atomic E-state index is -0.375. The van der Waals surface area contributed by atoms with Gasteiger partial charge in [-0.2, -0.15) is 0 Å². The molecule has 36 valence electrons. The van der Waals surface area contributed by atoms with Crippen molar-refractivity contribution in [2.75, 3.05) is 6.67 Å². The van der Waals surface area contributed by atoms with Crippen molar-refractivity contribution in [1.29, 1.82) is 0 Å². The lowest BCUT2D eigenvalue weighted by atomic mass is 10.3. The van der Waals surface area contributed by atoms with Crippen molar-refractivity contribution in [3.63, 3.8) is 0 Å². The normalized spacial score (nSPS) is 27.0. The first-order chi connectivity index (χ1) is 2.77. The Morgan fingerprint density at radius 2 is 2.17 bits per heavy atom.